The molecule has 0 N–H and O–H groups in total. The summed E-state index contributed by atoms with van der Waals surface area (Å²) in [5.74, 6) is 1.48. The van der Waals surface area contributed by atoms with Crippen molar-refractivity contribution >= 4 is 23.6 Å². The van der Waals surface area contributed by atoms with Gasteiger partial charge < -0.3 is 14.6 Å². The second-order valence-electron chi connectivity index (χ2n) is 7.98. The summed E-state index contributed by atoms with van der Waals surface area (Å²) in [4.78, 5) is 14.5. The Bertz CT molecular complexity index is 983. The average molecular weight is 437 g/mol. The third-order valence-corrected chi connectivity index (χ3v) is 6.65. The summed E-state index contributed by atoms with van der Waals surface area (Å²) >= 11 is 1.76. The number of hydrogen-bond donors (Lipinski definition) is 0. The van der Waals surface area contributed by atoms with Crippen LogP contribution in [-0.4, -0.2) is 23.3 Å². The fraction of sp³-hybridized carbons (Fsp3) is 0.375. The Labute approximate surface area is 187 Å². The smallest absolute Gasteiger partial charge is 0.278 e. The Morgan fingerprint density at radius 2 is 1.71 bits per heavy atom. The van der Waals surface area contributed by atoms with Gasteiger partial charge in [0, 0.05) is 5.75 Å². The number of carbonyl (C=O) groups excluding carboxylic acids is 1. The molecule has 1 amide bonds. The molecule has 0 radical (unpaired) electrons. The Balaban J connectivity index is 1.58. The van der Waals surface area contributed by atoms with Crippen molar-refractivity contribution in [2.24, 2.45) is 0 Å². The third-order valence-electron chi connectivity index (χ3n) is 5.63. The van der Waals surface area contributed by atoms with Gasteiger partial charge >= 0.3 is 0 Å². The normalized spacial score (nSPS) is 18.7. The predicted molar refractivity (Wildman–Crippen MR) is 123 cm³/mol. The number of hydrogen-bond acceptors (Lipinski definition) is 5. The molecular formula is C24H28N4O2S. The van der Waals surface area contributed by atoms with Crippen molar-refractivity contribution in [3.05, 3.63) is 82.8 Å². The fourth-order valence-electron chi connectivity index (χ4n) is 4.01. The second-order valence-corrected chi connectivity index (χ2v) is 8.97. The Kier molecular flexibility index (Phi) is 6.92. The van der Waals surface area contributed by atoms with E-state index in [1.165, 1.54) is 12.0 Å². The molecule has 1 aliphatic heterocycles. The van der Waals surface area contributed by atoms with E-state index in [2.05, 4.69) is 41.6 Å². The highest BCUT2D eigenvalue weighted by molar-refractivity contribution is 7.97. The van der Waals surface area contributed by atoms with Gasteiger partial charge in [-0.25, -0.2) is 0 Å². The topological polar surface area (TPSA) is 64.3 Å². The largest absolute Gasteiger partial charge is 0.584 e. The summed E-state index contributed by atoms with van der Waals surface area (Å²) in [5.41, 5.74) is 2.62. The monoisotopic (exact) mass is 436 g/mol. The SMILES string of the molecule is CC1CCCC(C)N1[n+]1noc([N-]C(=O)c2ccccc2)c1CSCc1ccccc1. The standard InChI is InChI=1S/C24H28N4O2S/c1-18-10-9-11-19(2)27(18)28-22(17-31-16-20-12-5-3-6-13-20)24(30-26-28)25-23(29)21-14-7-4-8-15-21/h3-8,12-15,18-19H,9-11,16-17H2,1-2H3. The molecule has 0 saturated carbocycles. The summed E-state index contributed by atoms with van der Waals surface area (Å²) in [6.45, 7) is 4.42. The van der Waals surface area contributed by atoms with Gasteiger partial charge in [0.2, 0.25) is 5.27 Å². The van der Waals surface area contributed by atoms with Gasteiger partial charge in [0.1, 0.15) is 5.88 Å². The van der Waals surface area contributed by atoms with Gasteiger partial charge in [-0.1, -0.05) is 60.7 Å². The molecule has 0 spiro atoms. The zero-order valence-corrected chi connectivity index (χ0v) is 18.8. The summed E-state index contributed by atoms with van der Waals surface area (Å²) in [5, 5.41) is 10.9. The van der Waals surface area contributed by atoms with E-state index in [1.54, 1.807) is 23.9 Å². The molecule has 6 nitrogen and oxygen atoms in total. The Hall–Kier alpha value is -2.80. The molecule has 2 atom stereocenters. The van der Waals surface area contributed by atoms with Crippen molar-refractivity contribution in [1.29, 1.82) is 0 Å². The van der Waals surface area contributed by atoms with Crippen LogP contribution < -0.4 is 9.80 Å². The molecule has 2 unspecified atom stereocenters. The van der Waals surface area contributed by atoms with Crippen LogP contribution in [0.25, 0.3) is 5.32 Å². The average Bonchev–Trinajstić information content (AvgIpc) is 3.17. The van der Waals surface area contributed by atoms with Gasteiger partial charge in [-0.05, 0) is 44.2 Å². The highest BCUT2D eigenvalue weighted by Crippen LogP contribution is 2.29. The highest BCUT2D eigenvalue weighted by Gasteiger charge is 2.36. The number of thioether (sulfide) groups is 1. The van der Waals surface area contributed by atoms with E-state index in [4.69, 9.17) is 4.52 Å². The molecule has 2 heterocycles. The first kappa shape index (κ1) is 21.4. The zero-order valence-electron chi connectivity index (χ0n) is 18.0. The summed E-state index contributed by atoms with van der Waals surface area (Å²) in [6.07, 6.45) is 3.42. The molecule has 3 aromatic rings. The van der Waals surface area contributed by atoms with E-state index in [0.717, 1.165) is 24.3 Å². The molecule has 162 valence electrons. The third kappa shape index (κ3) is 5.10. The summed E-state index contributed by atoms with van der Waals surface area (Å²) in [7, 11) is 0. The predicted octanol–water partition coefficient (Wildman–Crippen LogP) is 5.14. The van der Waals surface area contributed by atoms with E-state index < -0.39 is 0 Å². The summed E-state index contributed by atoms with van der Waals surface area (Å²) in [6, 6.07) is 20.1. The van der Waals surface area contributed by atoms with Crippen LogP contribution in [-0.2, 0) is 11.5 Å². The molecule has 7 heteroatoms. The fourth-order valence-corrected chi connectivity index (χ4v) is 4.97. The van der Waals surface area contributed by atoms with Crippen molar-refractivity contribution in [1.82, 2.24) is 5.27 Å². The van der Waals surface area contributed by atoms with Crippen LogP contribution in [0.3, 0.4) is 0 Å². The molecule has 2 aromatic carbocycles. The molecule has 0 bridgehead atoms. The molecular weight excluding hydrogens is 408 g/mol. The Morgan fingerprint density at radius 1 is 1.06 bits per heavy atom. The first-order valence-electron chi connectivity index (χ1n) is 10.8. The molecule has 1 saturated heterocycles. The highest BCUT2D eigenvalue weighted by atomic mass is 32.2. The number of carbonyl (C=O) groups is 1. The van der Waals surface area contributed by atoms with Crippen LogP contribution >= 0.6 is 11.8 Å². The van der Waals surface area contributed by atoms with Crippen LogP contribution in [0.1, 0.15) is 54.7 Å². The van der Waals surface area contributed by atoms with Crippen molar-refractivity contribution in [2.45, 2.75) is 56.7 Å². The first-order chi connectivity index (χ1) is 15.1. The molecule has 1 aliphatic rings. The van der Waals surface area contributed by atoms with E-state index in [0.29, 0.717) is 29.3 Å². The zero-order chi connectivity index (χ0) is 21.6. The number of aromatic nitrogens is 2. The lowest BCUT2D eigenvalue weighted by molar-refractivity contribution is -0.771. The minimum absolute atomic E-state index is 0.291. The van der Waals surface area contributed by atoms with Gasteiger partial charge in [0.05, 0.1) is 28.5 Å². The van der Waals surface area contributed by atoms with Crippen molar-refractivity contribution in [2.75, 3.05) is 5.01 Å². The van der Waals surface area contributed by atoms with Crippen LogP contribution in [0.4, 0.5) is 5.88 Å². The van der Waals surface area contributed by atoms with Crippen LogP contribution in [0.5, 0.6) is 0 Å². The molecule has 31 heavy (non-hydrogen) atoms. The number of rotatable bonds is 7. The van der Waals surface area contributed by atoms with Crippen LogP contribution in [0.15, 0.2) is 65.2 Å². The van der Waals surface area contributed by atoms with Gasteiger partial charge in [0.15, 0.2) is 0 Å². The lowest BCUT2D eigenvalue weighted by Gasteiger charge is -2.32. The maximum atomic E-state index is 12.7. The molecule has 1 aromatic heterocycles. The van der Waals surface area contributed by atoms with Gasteiger partial charge in [-0.2, -0.15) is 0 Å². The lowest BCUT2D eigenvalue weighted by atomic mass is 10.00. The van der Waals surface area contributed by atoms with Crippen molar-refractivity contribution in [3.8, 4) is 0 Å². The molecule has 4 rings (SSSR count). The van der Waals surface area contributed by atoms with E-state index in [-0.39, 0.29) is 5.91 Å². The molecule has 0 aliphatic carbocycles. The van der Waals surface area contributed by atoms with Gasteiger partial charge in [-0.3, -0.25) is 0 Å². The van der Waals surface area contributed by atoms with Gasteiger partial charge in [-0.15, -0.1) is 16.8 Å². The summed E-state index contributed by atoms with van der Waals surface area (Å²) < 4.78 is 5.61. The maximum absolute atomic E-state index is 12.7. The lowest BCUT2D eigenvalue weighted by Crippen LogP contribution is -2.69. The Morgan fingerprint density at radius 3 is 2.39 bits per heavy atom. The maximum Gasteiger partial charge on any atom is 0.278 e. The second kappa shape index (κ2) is 10.0. The minimum atomic E-state index is -0.321. The van der Waals surface area contributed by atoms with Crippen molar-refractivity contribution < 1.29 is 14.1 Å². The number of nitrogens with zero attached hydrogens (tertiary/aromatic N) is 4. The first-order valence-corrected chi connectivity index (χ1v) is 11.9. The number of amides is 1. The van der Waals surface area contributed by atoms with E-state index in [1.807, 2.05) is 41.2 Å². The quantitative estimate of drug-likeness (QED) is 0.480. The number of piperidine rings is 1. The van der Waals surface area contributed by atoms with Crippen LogP contribution in [0, 0.1) is 0 Å². The van der Waals surface area contributed by atoms with Crippen LogP contribution in [0.2, 0.25) is 0 Å². The molecule has 1 fully saturated rings. The minimum Gasteiger partial charge on any atom is -0.584 e. The van der Waals surface area contributed by atoms with E-state index in [9.17, 15) is 4.79 Å². The van der Waals surface area contributed by atoms with E-state index >= 15 is 0 Å². The number of benzene rings is 2. The van der Waals surface area contributed by atoms with Gasteiger partial charge in [0.25, 0.3) is 5.69 Å². The van der Waals surface area contributed by atoms with Crippen molar-refractivity contribution in [3.63, 3.8) is 0 Å².